The zero-order valence-electron chi connectivity index (χ0n) is 15.4. The van der Waals surface area contributed by atoms with Crippen LogP contribution in [0.5, 0.6) is 0 Å². The molecule has 0 unspecified atom stereocenters. The topological polar surface area (TPSA) is 84.0 Å². The molecule has 0 amide bonds. The van der Waals surface area contributed by atoms with Gasteiger partial charge >= 0.3 is 11.2 Å². The van der Waals surface area contributed by atoms with E-state index in [0.29, 0.717) is 18.7 Å². The average molecular weight is 379 g/mol. The van der Waals surface area contributed by atoms with Crippen LogP contribution in [0, 0.1) is 10.1 Å². The molecule has 1 saturated heterocycles. The van der Waals surface area contributed by atoms with E-state index in [1.165, 1.54) is 16.2 Å². The minimum absolute atomic E-state index is 0.170. The number of aromatic nitrogens is 2. The van der Waals surface area contributed by atoms with Crippen LogP contribution < -0.4 is 10.5 Å². The van der Waals surface area contributed by atoms with Crippen molar-refractivity contribution >= 4 is 17.2 Å². The minimum Gasteiger partial charge on any atom is -0.348 e. The molecule has 4 rings (SSSR count). The first-order chi connectivity index (χ1) is 13.6. The lowest BCUT2D eigenvalue weighted by atomic mass is 10.1. The molecule has 0 saturated carbocycles. The predicted octanol–water partition coefficient (Wildman–Crippen LogP) is 1.97. The third kappa shape index (κ3) is 3.59. The maximum Gasteiger partial charge on any atom is 0.376 e. The van der Waals surface area contributed by atoms with E-state index in [1.54, 1.807) is 18.2 Å². The second kappa shape index (κ2) is 7.77. The number of nitrogens with zero attached hydrogens (tertiary/aromatic N) is 5. The summed E-state index contributed by atoms with van der Waals surface area (Å²) < 4.78 is 1.22. The van der Waals surface area contributed by atoms with E-state index in [9.17, 15) is 14.9 Å². The van der Waals surface area contributed by atoms with Crippen molar-refractivity contribution < 1.29 is 4.92 Å². The Labute approximate surface area is 161 Å². The summed E-state index contributed by atoms with van der Waals surface area (Å²) in [6, 6.07) is 15.4. The van der Waals surface area contributed by atoms with Gasteiger partial charge in [0, 0.05) is 38.9 Å². The summed E-state index contributed by atoms with van der Waals surface area (Å²) in [5.41, 5.74) is 0.614. The van der Waals surface area contributed by atoms with Crippen LogP contribution in [0.15, 0.2) is 59.5 Å². The number of fused-ring (bicyclic) bond motifs is 1. The fraction of sp³-hybridized carbons (Fsp3) is 0.300. The molecule has 0 radical (unpaired) electrons. The highest BCUT2D eigenvalue weighted by molar-refractivity contribution is 5.61. The van der Waals surface area contributed by atoms with Crippen LogP contribution in [0.4, 0.5) is 11.5 Å². The van der Waals surface area contributed by atoms with E-state index >= 15 is 0 Å². The highest BCUT2D eigenvalue weighted by Crippen LogP contribution is 2.24. The van der Waals surface area contributed by atoms with Crippen LogP contribution in [0.2, 0.25) is 0 Å². The summed E-state index contributed by atoms with van der Waals surface area (Å²) in [6.45, 7) is 3.70. The molecule has 3 aromatic rings. The molecule has 0 spiro atoms. The van der Waals surface area contributed by atoms with Crippen molar-refractivity contribution in [1.82, 2.24) is 14.3 Å². The van der Waals surface area contributed by atoms with Crippen LogP contribution >= 0.6 is 0 Å². The summed E-state index contributed by atoms with van der Waals surface area (Å²) in [5, 5.41) is 11.6. The Kier molecular flexibility index (Phi) is 5.03. The fourth-order valence-electron chi connectivity index (χ4n) is 3.56. The minimum atomic E-state index is -0.642. The van der Waals surface area contributed by atoms with E-state index in [0.717, 1.165) is 26.1 Å². The number of hydrogen-bond acceptors (Lipinski definition) is 6. The van der Waals surface area contributed by atoms with Gasteiger partial charge in [-0.2, -0.15) is 0 Å². The van der Waals surface area contributed by atoms with Crippen LogP contribution in [-0.2, 0) is 6.42 Å². The smallest absolute Gasteiger partial charge is 0.348 e. The van der Waals surface area contributed by atoms with Gasteiger partial charge in [0.1, 0.15) is 5.65 Å². The SMILES string of the molecule is O=c1c([N+](=O)[O-])c(N2CCN(CCc3ccccc3)CC2)nc2ccccn12. The highest BCUT2D eigenvalue weighted by atomic mass is 16.6. The molecule has 2 aromatic heterocycles. The second-order valence-corrected chi connectivity index (χ2v) is 6.84. The summed E-state index contributed by atoms with van der Waals surface area (Å²) >= 11 is 0. The fourth-order valence-corrected chi connectivity index (χ4v) is 3.56. The Bertz CT molecular complexity index is 1040. The lowest BCUT2D eigenvalue weighted by molar-refractivity contribution is -0.385. The van der Waals surface area contributed by atoms with Gasteiger partial charge in [0.15, 0.2) is 0 Å². The van der Waals surface area contributed by atoms with E-state index in [-0.39, 0.29) is 5.82 Å². The first kappa shape index (κ1) is 18.1. The van der Waals surface area contributed by atoms with Gasteiger partial charge in [0.2, 0.25) is 5.82 Å². The molecule has 0 aliphatic carbocycles. The number of nitro groups is 1. The van der Waals surface area contributed by atoms with Gasteiger partial charge in [-0.25, -0.2) is 4.98 Å². The first-order valence-electron chi connectivity index (χ1n) is 9.30. The number of piperazine rings is 1. The number of rotatable bonds is 5. The third-order valence-corrected chi connectivity index (χ3v) is 5.11. The quantitative estimate of drug-likeness (QED) is 0.498. The van der Waals surface area contributed by atoms with Crippen LogP contribution in [0.3, 0.4) is 0 Å². The zero-order valence-corrected chi connectivity index (χ0v) is 15.4. The predicted molar refractivity (Wildman–Crippen MR) is 107 cm³/mol. The molecule has 8 heteroatoms. The summed E-state index contributed by atoms with van der Waals surface area (Å²) in [5.74, 6) is 0.170. The molecule has 0 N–H and O–H groups in total. The van der Waals surface area contributed by atoms with Gasteiger partial charge in [-0.1, -0.05) is 36.4 Å². The van der Waals surface area contributed by atoms with Gasteiger partial charge in [0.25, 0.3) is 0 Å². The molecular weight excluding hydrogens is 358 g/mol. The molecule has 8 nitrogen and oxygen atoms in total. The number of pyridine rings is 1. The normalized spacial score (nSPS) is 15.1. The van der Waals surface area contributed by atoms with E-state index in [1.807, 2.05) is 23.1 Å². The molecule has 1 aromatic carbocycles. The molecule has 28 heavy (non-hydrogen) atoms. The second-order valence-electron chi connectivity index (χ2n) is 6.84. The zero-order chi connectivity index (χ0) is 19.5. The van der Waals surface area contributed by atoms with Crippen molar-refractivity contribution in [1.29, 1.82) is 0 Å². The molecule has 0 atom stereocenters. The third-order valence-electron chi connectivity index (χ3n) is 5.11. The standard InChI is InChI=1S/C20H21N5O3/c26-20-18(25(27)28)19(21-17-8-4-5-10-24(17)20)23-14-12-22(13-15-23)11-9-16-6-2-1-3-7-16/h1-8,10H,9,11-15H2. The van der Waals surface area contributed by atoms with Gasteiger partial charge < -0.3 is 4.90 Å². The van der Waals surface area contributed by atoms with Crippen LogP contribution in [0.25, 0.3) is 5.65 Å². The van der Waals surface area contributed by atoms with Gasteiger partial charge in [0.05, 0.1) is 4.92 Å². The Hall–Kier alpha value is -3.26. The summed E-state index contributed by atoms with van der Waals surface area (Å²) in [6.07, 6.45) is 2.47. The van der Waals surface area contributed by atoms with Crippen molar-refractivity contribution in [2.75, 3.05) is 37.6 Å². The Morgan fingerprint density at radius 3 is 2.43 bits per heavy atom. The first-order valence-corrected chi connectivity index (χ1v) is 9.30. The Balaban J connectivity index is 1.51. The Morgan fingerprint density at radius 1 is 1.00 bits per heavy atom. The van der Waals surface area contributed by atoms with Crippen molar-refractivity contribution in [3.63, 3.8) is 0 Å². The lowest BCUT2D eigenvalue weighted by Crippen LogP contribution is -2.47. The van der Waals surface area contributed by atoms with Gasteiger partial charge in [-0.3, -0.25) is 24.2 Å². The summed E-state index contributed by atoms with van der Waals surface area (Å²) in [7, 11) is 0. The number of anilines is 1. The largest absolute Gasteiger partial charge is 0.376 e. The van der Waals surface area contributed by atoms with E-state index < -0.39 is 16.2 Å². The number of hydrogen-bond donors (Lipinski definition) is 0. The maximum atomic E-state index is 12.6. The molecule has 1 fully saturated rings. The molecule has 1 aliphatic heterocycles. The highest BCUT2D eigenvalue weighted by Gasteiger charge is 2.29. The maximum absolute atomic E-state index is 12.6. The Morgan fingerprint density at radius 2 is 1.71 bits per heavy atom. The van der Waals surface area contributed by atoms with Crippen molar-refractivity contribution in [3.05, 3.63) is 80.8 Å². The van der Waals surface area contributed by atoms with Gasteiger partial charge in [-0.05, 0) is 24.1 Å². The molecule has 0 bridgehead atoms. The number of benzene rings is 1. The lowest BCUT2D eigenvalue weighted by Gasteiger charge is -2.35. The van der Waals surface area contributed by atoms with Crippen molar-refractivity contribution in [2.24, 2.45) is 0 Å². The van der Waals surface area contributed by atoms with Crippen molar-refractivity contribution in [2.45, 2.75) is 6.42 Å². The van der Waals surface area contributed by atoms with Gasteiger partial charge in [-0.15, -0.1) is 0 Å². The van der Waals surface area contributed by atoms with Crippen molar-refractivity contribution in [3.8, 4) is 0 Å². The molecular formula is C20H21N5O3. The monoisotopic (exact) mass is 379 g/mol. The van der Waals surface area contributed by atoms with Crippen LogP contribution in [-0.4, -0.2) is 51.9 Å². The molecule has 3 heterocycles. The molecule has 144 valence electrons. The van der Waals surface area contributed by atoms with E-state index in [2.05, 4.69) is 22.0 Å². The average Bonchev–Trinajstić information content (AvgIpc) is 2.73. The van der Waals surface area contributed by atoms with Crippen LogP contribution in [0.1, 0.15) is 5.56 Å². The summed E-state index contributed by atoms with van der Waals surface area (Å²) in [4.78, 5) is 32.2. The molecule has 1 aliphatic rings. The van der Waals surface area contributed by atoms with E-state index in [4.69, 9.17) is 0 Å².